The van der Waals surface area contributed by atoms with Crippen LogP contribution >= 0.6 is 0 Å². The largest absolute Gasteiger partial charge is 0.477 e. The van der Waals surface area contributed by atoms with Crippen molar-refractivity contribution in [3.05, 3.63) is 0 Å². The van der Waals surface area contributed by atoms with Gasteiger partial charge in [0.2, 0.25) is 11.8 Å². The van der Waals surface area contributed by atoms with Gasteiger partial charge in [0.25, 0.3) is 5.79 Å². The first-order chi connectivity index (χ1) is 23.0. The molecule has 49 heavy (non-hydrogen) atoms. The van der Waals surface area contributed by atoms with Crippen molar-refractivity contribution in [2.45, 2.75) is 118 Å². The number of amides is 2. The van der Waals surface area contributed by atoms with E-state index in [9.17, 15) is 65.4 Å². The first kappa shape index (κ1) is 41.2. The van der Waals surface area contributed by atoms with Crippen LogP contribution in [0.15, 0.2) is 0 Å². The number of aliphatic carboxylic acids is 1. The lowest BCUT2D eigenvalue weighted by Crippen LogP contribution is -2.69. The van der Waals surface area contributed by atoms with Crippen molar-refractivity contribution < 1.29 is 93.9 Å². The first-order valence-corrected chi connectivity index (χ1v) is 15.4. The van der Waals surface area contributed by atoms with Crippen LogP contribution in [0.3, 0.4) is 0 Å². The van der Waals surface area contributed by atoms with Crippen molar-refractivity contribution >= 4 is 17.8 Å². The van der Waals surface area contributed by atoms with Crippen LogP contribution in [0, 0.1) is 0 Å². The Bertz CT molecular complexity index is 1110. The Kier molecular flexibility index (Phi) is 15.0. The lowest BCUT2D eigenvalue weighted by Gasteiger charge is -2.48. The van der Waals surface area contributed by atoms with Crippen LogP contribution in [-0.2, 0) is 42.8 Å². The highest BCUT2D eigenvalue weighted by Crippen LogP contribution is 2.35. The summed E-state index contributed by atoms with van der Waals surface area (Å²) >= 11 is 0. The molecule has 22 heteroatoms. The molecule has 3 saturated heterocycles. The molecule has 3 heterocycles. The normalized spacial score (nSPS) is 41.0. The summed E-state index contributed by atoms with van der Waals surface area (Å²) in [6, 6.07) is -2.77. The minimum absolute atomic E-state index is 0.0488. The smallest absolute Gasteiger partial charge is 0.364 e. The molecule has 0 unspecified atom stereocenters. The van der Waals surface area contributed by atoms with E-state index in [1.807, 2.05) is 0 Å². The van der Waals surface area contributed by atoms with Crippen LogP contribution in [0.25, 0.3) is 0 Å². The molecule has 0 saturated carbocycles. The van der Waals surface area contributed by atoms with Gasteiger partial charge in [-0.25, -0.2) is 4.79 Å². The summed E-state index contributed by atoms with van der Waals surface area (Å²) < 4.78 is 33.4. The van der Waals surface area contributed by atoms with Crippen molar-refractivity contribution in [2.24, 2.45) is 5.73 Å². The molecule has 0 bridgehead atoms. The number of hydrogen-bond acceptors (Lipinski definition) is 19. The zero-order valence-electron chi connectivity index (χ0n) is 26.6. The van der Waals surface area contributed by atoms with Gasteiger partial charge in [0.05, 0.1) is 38.6 Å². The molecule has 0 radical (unpaired) electrons. The summed E-state index contributed by atoms with van der Waals surface area (Å²) in [6.45, 7) is -0.558. The molecule has 0 aromatic heterocycles. The predicted molar refractivity (Wildman–Crippen MR) is 154 cm³/mol. The average Bonchev–Trinajstić information content (AvgIpc) is 3.05. The number of carbonyl (C=O) groups excluding carboxylic acids is 2. The summed E-state index contributed by atoms with van der Waals surface area (Å²) in [6.07, 6.45) is -24.1. The van der Waals surface area contributed by atoms with E-state index >= 15 is 0 Å². The van der Waals surface area contributed by atoms with Gasteiger partial charge in [0.15, 0.2) is 12.6 Å². The van der Waals surface area contributed by atoms with Gasteiger partial charge in [-0.3, -0.25) is 9.59 Å². The number of carboxylic acids is 1. The SMILES string of the molecule is CC(=O)N[C@H]1[C@H](OCCN)O[C@H](CO)[C@@H](O[C@@H]2O[C@H](CO[C@]3(C(=O)O)C[C@H](O)[C@@H](NC(C)=O)[C@H]([C@H](O)[C@H](O)CO)O3)[C@H](O)[C@H](O)[C@H]2O)[C@@H]1O. The minimum Gasteiger partial charge on any atom is -0.477 e. The third-order valence-electron chi connectivity index (χ3n) is 8.25. The van der Waals surface area contributed by atoms with Gasteiger partial charge < -0.3 is 95.9 Å². The van der Waals surface area contributed by atoms with Crippen molar-refractivity contribution in [1.29, 1.82) is 0 Å². The zero-order chi connectivity index (χ0) is 36.8. The summed E-state index contributed by atoms with van der Waals surface area (Å²) in [4.78, 5) is 36.1. The van der Waals surface area contributed by atoms with Crippen LogP contribution in [0.4, 0.5) is 0 Å². The molecular formula is C27H47N3O19. The molecule has 284 valence electrons. The molecule has 0 aromatic carbocycles. The maximum atomic E-state index is 12.5. The maximum absolute atomic E-state index is 12.5. The molecule has 0 aromatic rings. The maximum Gasteiger partial charge on any atom is 0.364 e. The van der Waals surface area contributed by atoms with Gasteiger partial charge in [-0.1, -0.05) is 0 Å². The summed E-state index contributed by atoms with van der Waals surface area (Å²) in [7, 11) is 0. The second-order valence-corrected chi connectivity index (χ2v) is 11.9. The standard InChI is InChI=1S/C27H47N3O19/c1-9(33)29-15-11(35)5-27(26(42)43,49-23(15)17(37)12(36)6-31)45-8-14-18(38)20(40)21(41)25(47-14)48-22-13(7-32)46-24(44-4-3-28)16(19(22)39)30-10(2)34/h11-25,31-32,35-41H,3-8,28H2,1-2H3,(H,29,33)(H,30,34)(H,42,43)/t11-,12+,13+,14+,15+,16+,17+,18-,19+,20-,21+,22+,23+,24+,25-,27+/m0/s1. The third kappa shape index (κ3) is 9.56. The van der Waals surface area contributed by atoms with Gasteiger partial charge in [0, 0.05) is 26.8 Å². The number of aliphatic hydroxyl groups excluding tert-OH is 9. The van der Waals surface area contributed by atoms with Gasteiger partial charge in [-0.05, 0) is 0 Å². The Morgan fingerprint density at radius 3 is 2.06 bits per heavy atom. The number of ether oxygens (including phenoxy) is 6. The molecule has 0 spiro atoms. The number of nitrogens with one attached hydrogen (secondary N) is 2. The third-order valence-corrected chi connectivity index (χ3v) is 8.25. The summed E-state index contributed by atoms with van der Waals surface area (Å²) in [5.41, 5.74) is 5.46. The topological polar surface area (TPSA) is 359 Å². The minimum atomic E-state index is -2.84. The molecular weight excluding hydrogens is 670 g/mol. The van der Waals surface area contributed by atoms with Crippen molar-refractivity contribution in [1.82, 2.24) is 10.6 Å². The zero-order valence-corrected chi connectivity index (χ0v) is 26.6. The van der Waals surface area contributed by atoms with Crippen molar-refractivity contribution in [3.8, 4) is 0 Å². The van der Waals surface area contributed by atoms with E-state index in [1.165, 1.54) is 0 Å². The second kappa shape index (κ2) is 17.8. The summed E-state index contributed by atoms with van der Waals surface area (Å²) in [5.74, 6) is -6.03. The van der Waals surface area contributed by atoms with Gasteiger partial charge in [0.1, 0.15) is 67.1 Å². The molecule has 3 fully saturated rings. The molecule has 22 nitrogen and oxygen atoms in total. The molecule has 3 rings (SSSR count). The quantitative estimate of drug-likeness (QED) is 0.0748. The highest BCUT2D eigenvalue weighted by Gasteiger charge is 2.57. The van der Waals surface area contributed by atoms with Crippen LogP contribution in [-0.4, -0.2) is 199 Å². The molecule has 2 amide bonds. The highest BCUT2D eigenvalue weighted by molar-refractivity contribution is 5.76. The van der Waals surface area contributed by atoms with Crippen LogP contribution in [0.2, 0.25) is 0 Å². The molecule has 0 aliphatic carbocycles. The van der Waals surface area contributed by atoms with E-state index in [0.29, 0.717) is 0 Å². The molecule has 16 atom stereocenters. The number of rotatable bonds is 15. The summed E-state index contributed by atoms with van der Waals surface area (Å²) in [5, 5.41) is 109. The van der Waals surface area contributed by atoms with Gasteiger partial charge >= 0.3 is 5.97 Å². The van der Waals surface area contributed by atoms with Gasteiger partial charge in [-0.2, -0.15) is 0 Å². The number of aliphatic hydroxyl groups is 9. The Balaban J connectivity index is 1.84. The van der Waals surface area contributed by atoms with E-state index < -0.39 is 142 Å². The second-order valence-electron chi connectivity index (χ2n) is 11.9. The predicted octanol–water partition coefficient (Wildman–Crippen LogP) is -8.10. The molecule has 3 aliphatic heterocycles. The average molecular weight is 718 g/mol. The van der Waals surface area contributed by atoms with Gasteiger partial charge in [-0.15, -0.1) is 0 Å². The Hall–Kier alpha value is -2.23. The first-order valence-electron chi connectivity index (χ1n) is 15.4. The van der Waals surface area contributed by atoms with Crippen molar-refractivity contribution in [3.63, 3.8) is 0 Å². The lowest BCUT2D eigenvalue weighted by molar-refractivity contribution is -0.360. The number of nitrogens with two attached hydrogens (primary N) is 1. The van der Waals surface area contributed by atoms with E-state index in [1.54, 1.807) is 0 Å². The Labute approximate surface area is 279 Å². The Morgan fingerprint density at radius 2 is 1.51 bits per heavy atom. The fraction of sp³-hybridized carbons (Fsp3) is 0.889. The number of carbonyl (C=O) groups is 3. The fourth-order valence-corrected chi connectivity index (χ4v) is 5.77. The Morgan fingerprint density at radius 1 is 0.898 bits per heavy atom. The van der Waals surface area contributed by atoms with Crippen LogP contribution < -0.4 is 16.4 Å². The van der Waals surface area contributed by atoms with Crippen LogP contribution in [0.5, 0.6) is 0 Å². The monoisotopic (exact) mass is 717 g/mol. The molecule has 3 aliphatic rings. The van der Waals surface area contributed by atoms with E-state index in [2.05, 4.69) is 10.6 Å². The number of hydrogen-bond donors (Lipinski definition) is 13. The van der Waals surface area contributed by atoms with Crippen molar-refractivity contribution in [2.75, 3.05) is 33.0 Å². The van der Waals surface area contributed by atoms with E-state index in [4.69, 9.17) is 34.2 Å². The molecule has 14 N–H and O–H groups in total. The van der Waals surface area contributed by atoms with E-state index in [-0.39, 0.29) is 13.2 Å². The number of carboxylic acid groups (broad SMARTS) is 1. The van der Waals surface area contributed by atoms with Crippen LogP contribution in [0.1, 0.15) is 20.3 Å². The van der Waals surface area contributed by atoms with E-state index in [0.717, 1.165) is 13.8 Å². The lowest BCUT2D eigenvalue weighted by atomic mass is 9.88. The fourth-order valence-electron chi connectivity index (χ4n) is 5.77. The highest BCUT2D eigenvalue weighted by atomic mass is 16.8.